The van der Waals surface area contributed by atoms with Crippen LogP contribution in [-0.2, 0) is 9.84 Å². The molecule has 11 heteroatoms. The average molecular weight is 548 g/mol. The first-order valence-corrected chi connectivity index (χ1v) is 14.5. The molecule has 1 aliphatic rings. The lowest BCUT2D eigenvalue weighted by molar-refractivity contribution is 0.0307. The fourth-order valence-electron chi connectivity index (χ4n) is 4.82. The van der Waals surface area contributed by atoms with E-state index in [0.717, 1.165) is 6.20 Å². The zero-order valence-electron chi connectivity index (χ0n) is 22.3. The highest BCUT2D eigenvalue weighted by Gasteiger charge is 2.36. The summed E-state index contributed by atoms with van der Waals surface area (Å²) in [4.78, 5) is 31.0. The highest BCUT2D eigenvalue weighted by Crippen LogP contribution is 2.37. The molecule has 1 aromatic carbocycles. The van der Waals surface area contributed by atoms with Crippen molar-refractivity contribution < 1.29 is 27.4 Å². The van der Waals surface area contributed by atoms with Gasteiger partial charge in [0.1, 0.15) is 9.84 Å². The maximum absolute atomic E-state index is 15.0. The molecule has 1 saturated heterocycles. The number of fused-ring (bicyclic) bond motifs is 1. The molecule has 1 aliphatic heterocycles. The number of sulfone groups is 1. The van der Waals surface area contributed by atoms with E-state index in [0.29, 0.717) is 36.0 Å². The summed E-state index contributed by atoms with van der Waals surface area (Å²) in [7, 11) is -3.07. The third kappa shape index (κ3) is 5.40. The van der Waals surface area contributed by atoms with Crippen LogP contribution in [0.3, 0.4) is 0 Å². The fourth-order valence-corrected chi connectivity index (χ4v) is 6.63. The molecule has 0 amide bonds. The van der Waals surface area contributed by atoms with Crippen LogP contribution in [0.5, 0.6) is 5.88 Å². The molecule has 0 saturated carbocycles. The van der Waals surface area contributed by atoms with E-state index < -0.39 is 38.4 Å². The SMILES string of the molecule is CCOc1cc(-n2c(=O)n([C@@H](C)C(C)(C)O)c3cc(C(=O)CC4(C)CCS(=O)(=O)CC4)ccc32)c(F)cn1. The second-order valence-electron chi connectivity index (χ2n) is 11.0. The number of aliphatic hydroxyl groups is 1. The number of benzene rings is 1. The first-order chi connectivity index (χ1) is 17.7. The zero-order chi connectivity index (χ0) is 28.0. The topological polar surface area (TPSA) is 120 Å². The van der Waals surface area contributed by atoms with Gasteiger partial charge >= 0.3 is 5.69 Å². The standard InChI is InChI=1S/C27H34FN3O6S/c1-6-37-24-14-21(19(28)16-29-24)31-20-8-7-18(13-22(20)30(25(31)33)17(2)26(3,4)34)23(32)15-27(5)9-11-38(35,36)12-10-27/h7-8,13-14,16-17,34H,6,9-12,15H2,1-5H3/t17-/m0/s1. The summed E-state index contributed by atoms with van der Waals surface area (Å²) in [5, 5.41) is 10.8. The molecule has 1 fully saturated rings. The molecular formula is C27H34FN3O6S. The normalized spacial score (nSPS) is 17.9. The minimum absolute atomic E-state index is 0.0581. The second kappa shape index (κ2) is 9.92. The lowest BCUT2D eigenvalue weighted by atomic mass is 9.78. The van der Waals surface area contributed by atoms with E-state index in [1.54, 1.807) is 45.9 Å². The average Bonchev–Trinajstić information content (AvgIpc) is 3.12. The Hall–Kier alpha value is -3.05. The van der Waals surface area contributed by atoms with E-state index in [9.17, 15) is 27.5 Å². The number of hydrogen-bond acceptors (Lipinski definition) is 7. The van der Waals surface area contributed by atoms with Crippen molar-refractivity contribution in [1.29, 1.82) is 0 Å². The van der Waals surface area contributed by atoms with Gasteiger partial charge in [0.05, 0.1) is 52.7 Å². The van der Waals surface area contributed by atoms with E-state index in [1.165, 1.54) is 15.2 Å². The van der Waals surface area contributed by atoms with Gasteiger partial charge in [-0.1, -0.05) is 6.92 Å². The molecule has 0 bridgehead atoms. The Bertz CT molecular complexity index is 1540. The Labute approximate surface area is 221 Å². The number of carbonyl (C=O) groups excluding carboxylic acids is 1. The monoisotopic (exact) mass is 547 g/mol. The summed E-state index contributed by atoms with van der Waals surface area (Å²) < 4.78 is 46.7. The van der Waals surface area contributed by atoms with Gasteiger partial charge in [0.2, 0.25) is 5.88 Å². The number of aromatic nitrogens is 3. The Morgan fingerprint density at radius 3 is 2.50 bits per heavy atom. The molecule has 206 valence electrons. The summed E-state index contributed by atoms with van der Waals surface area (Å²) in [5.74, 6) is -0.636. The van der Waals surface area contributed by atoms with Crippen molar-refractivity contribution in [3.8, 4) is 11.6 Å². The van der Waals surface area contributed by atoms with Crippen LogP contribution in [0.15, 0.2) is 35.3 Å². The molecule has 0 unspecified atom stereocenters. The van der Waals surface area contributed by atoms with Crippen molar-refractivity contribution in [2.45, 2.75) is 65.5 Å². The Kier molecular flexibility index (Phi) is 7.30. The molecule has 4 rings (SSSR count). The first kappa shape index (κ1) is 28.0. The number of hydrogen-bond donors (Lipinski definition) is 1. The predicted octanol–water partition coefficient (Wildman–Crippen LogP) is 3.84. The molecule has 3 aromatic rings. The smallest absolute Gasteiger partial charge is 0.334 e. The third-order valence-electron chi connectivity index (χ3n) is 7.57. The number of imidazole rings is 1. The van der Waals surface area contributed by atoms with Gasteiger partial charge in [-0.15, -0.1) is 0 Å². The summed E-state index contributed by atoms with van der Waals surface area (Å²) in [6, 6.07) is 5.39. The lowest BCUT2D eigenvalue weighted by Gasteiger charge is -2.32. The van der Waals surface area contributed by atoms with Crippen molar-refractivity contribution >= 4 is 26.7 Å². The second-order valence-corrected chi connectivity index (χ2v) is 13.3. The van der Waals surface area contributed by atoms with Crippen LogP contribution in [0, 0.1) is 11.2 Å². The van der Waals surface area contributed by atoms with Crippen LogP contribution in [0.25, 0.3) is 16.7 Å². The molecule has 2 aromatic heterocycles. The lowest BCUT2D eigenvalue weighted by Crippen LogP contribution is -2.37. The molecule has 38 heavy (non-hydrogen) atoms. The maximum Gasteiger partial charge on any atom is 0.334 e. The molecular weight excluding hydrogens is 513 g/mol. The van der Waals surface area contributed by atoms with E-state index >= 15 is 0 Å². The van der Waals surface area contributed by atoms with Crippen molar-refractivity contribution in [1.82, 2.24) is 14.1 Å². The predicted molar refractivity (Wildman–Crippen MR) is 142 cm³/mol. The largest absolute Gasteiger partial charge is 0.478 e. The van der Waals surface area contributed by atoms with Crippen molar-refractivity contribution in [2.75, 3.05) is 18.1 Å². The Morgan fingerprint density at radius 1 is 1.24 bits per heavy atom. The molecule has 1 N–H and O–H groups in total. The van der Waals surface area contributed by atoms with Gasteiger partial charge in [-0.25, -0.2) is 22.6 Å². The van der Waals surface area contributed by atoms with Crippen LogP contribution in [-0.4, -0.2) is 57.1 Å². The number of ketones is 1. The summed E-state index contributed by atoms with van der Waals surface area (Å²) in [6.07, 6.45) is 1.96. The molecule has 0 aliphatic carbocycles. The van der Waals surface area contributed by atoms with Crippen LogP contribution in [0.1, 0.15) is 70.3 Å². The number of carbonyl (C=O) groups is 1. The van der Waals surface area contributed by atoms with Gasteiger partial charge in [-0.2, -0.15) is 0 Å². The van der Waals surface area contributed by atoms with Gasteiger partial charge in [-0.3, -0.25) is 13.9 Å². The highest BCUT2D eigenvalue weighted by molar-refractivity contribution is 7.91. The van der Waals surface area contributed by atoms with Crippen LogP contribution >= 0.6 is 0 Å². The number of ether oxygens (including phenoxy) is 1. The van der Waals surface area contributed by atoms with E-state index in [4.69, 9.17) is 4.74 Å². The van der Waals surface area contributed by atoms with Gasteiger partial charge in [0.25, 0.3) is 0 Å². The number of pyridine rings is 1. The summed E-state index contributed by atoms with van der Waals surface area (Å²) in [6.45, 7) is 8.81. The van der Waals surface area contributed by atoms with E-state index in [2.05, 4.69) is 4.98 Å². The maximum atomic E-state index is 15.0. The third-order valence-corrected chi connectivity index (χ3v) is 9.22. The number of halogens is 1. The minimum Gasteiger partial charge on any atom is -0.478 e. The molecule has 0 spiro atoms. The Balaban J connectivity index is 1.85. The number of Topliss-reactive ketones (excluding diaryl/α,β-unsaturated/α-hetero) is 1. The van der Waals surface area contributed by atoms with E-state index in [-0.39, 0.29) is 35.3 Å². The molecule has 9 nitrogen and oxygen atoms in total. The van der Waals surface area contributed by atoms with Gasteiger partial charge in [-0.05, 0) is 64.2 Å². The quantitative estimate of drug-likeness (QED) is 0.425. The van der Waals surface area contributed by atoms with Crippen LogP contribution < -0.4 is 10.4 Å². The van der Waals surface area contributed by atoms with E-state index in [1.807, 2.05) is 6.92 Å². The zero-order valence-corrected chi connectivity index (χ0v) is 23.1. The highest BCUT2D eigenvalue weighted by atomic mass is 32.2. The fraction of sp³-hybridized carbons (Fsp3) is 0.519. The van der Waals surface area contributed by atoms with Crippen LogP contribution in [0.4, 0.5) is 4.39 Å². The first-order valence-electron chi connectivity index (χ1n) is 12.7. The molecule has 1 atom stereocenters. The van der Waals surface area contributed by atoms with Gasteiger partial charge < -0.3 is 9.84 Å². The molecule has 0 radical (unpaired) electrons. The van der Waals surface area contributed by atoms with Crippen LogP contribution in [0.2, 0.25) is 0 Å². The van der Waals surface area contributed by atoms with Crippen molar-refractivity contribution in [3.63, 3.8) is 0 Å². The van der Waals surface area contributed by atoms with Gasteiger partial charge in [0, 0.05) is 18.1 Å². The summed E-state index contributed by atoms with van der Waals surface area (Å²) >= 11 is 0. The van der Waals surface area contributed by atoms with Crippen molar-refractivity contribution in [2.24, 2.45) is 5.41 Å². The van der Waals surface area contributed by atoms with Gasteiger partial charge in [0.15, 0.2) is 11.6 Å². The number of nitrogens with zero attached hydrogens (tertiary/aromatic N) is 3. The summed E-state index contributed by atoms with van der Waals surface area (Å²) in [5.41, 5.74) is -1.33. The molecule has 3 heterocycles. The minimum atomic E-state index is -3.07. The van der Waals surface area contributed by atoms with Crippen molar-refractivity contribution in [3.05, 3.63) is 52.3 Å². The number of rotatable bonds is 8. The Morgan fingerprint density at radius 2 is 1.89 bits per heavy atom.